The van der Waals surface area contributed by atoms with Crippen molar-refractivity contribution in [3.8, 4) is 28.5 Å². The van der Waals surface area contributed by atoms with Gasteiger partial charge in [-0.2, -0.15) is 0 Å². The highest BCUT2D eigenvalue weighted by Gasteiger charge is 2.12. The molecule has 0 radical (unpaired) electrons. The first-order chi connectivity index (χ1) is 9.88. The molecular formula is C15H12N4O. The third kappa shape index (κ3) is 2.33. The molecule has 0 atom stereocenters. The fourth-order valence-corrected chi connectivity index (χ4v) is 1.90. The lowest BCUT2D eigenvalue weighted by Gasteiger charge is -2.08. The topological polar surface area (TPSA) is 60.8 Å². The highest BCUT2D eigenvalue weighted by atomic mass is 16.5. The lowest BCUT2D eigenvalue weighted by atomic mass is 10.1. The van der Waals surface area contributed by atoms with E-state index in [4.69, 9.17) is 4.74 Å². The standard InChI is InChI=1S/C15H12N4O/c1-20-15-12(11-6-3-2-4-7-11)10-13(18-19-15)14-16-8-5-9-17-14/h2-10H,1H3. The van der Waals surface area contributed by atoms with Crippen molar-refractivity contribution < 1.29 is 4.74 Å². The van der Waals surface area contributed by atoms with Crippen LogP contribution in [0.25, 0.3) is 22.6 Å². The van der Waals surface area contributed by atoms with Crippen LogP contribution < -0.4 is 4.74 Å². The van der Waals surface area contributed by atoms with E-state index in [9.17, 15) is 0 Å². The van der Waals surface area contributed by atoms with E-state index >= 15 is 0 Å². The third-order valence-electron chi connectivity index (χ3n) is 2.83. The maximum absolute atomic E-state index is 5.28. The summed E-state index contributed by atoms with van der Waals surface area (Å²) in [5.74, 6) is 1.02. The van der Waals surface area contributed by atoms with Crippen LogP contribution in [0.5, 0.6) is 5.88 Å². The molecule has 0 fully saturated rings. The summed E-state index contributed by atoms with van der Waals surface area (Å²) < 4.78 is 5.28. The third-order valence-corrected chi connectivity index (χ3v) is 2.83. The summed E-state index contributed by atoms with van der Waals surface area (Å²) >= 11 is 0. The molecule has 5 nitrogen and oxygen atoms in total. The Hall–Kier alpha value is -2.82. The van der Waals surface area contributed by atoms with Gasteiger partial charge in [0.05, 0.1) is 7.11 Å². The number of nitrogens with zero attached hydrogens (tertiary/aromatic N) is 4. The fraction of sp³-hybridized carbons (Fsp3) is 0.0667. The minimum Gasteiger partial charge on any atom is -0.479 e. The Balaban J connectivity index is 2.13. The fourth-order valence-electron chi connectivity index (χ4n) is 1.90. The number of hydrogen-bond acceptors (Lipinski definition) is 5. The van der Waals surface area contributed by atoms with Crippen LogP contribution in [0, 0.1) is 0 Å². The van der Waals surface area contributed by atoms with Crippen LogP contribution in [0.3, 0.4) is 0 Å². The molecular weight excluding hydrogens is 252 g/mol. The Morgan fingerprint density at radius 3 is 2.35 bits per heavy atom. The van der Waals surface area contributed by atoms with Gasteiger partial charge in [0, 0.05) is 18.0 Å². The summed E-state index contributed by atoms with van der Waals surface area (Å²) in [6.45, 7) is 0. The zero-order valence-electron chi connectivity index (χ0n) is 10.9. The van der Waals surface area contributed by atoms with Crippen LogP contribution in [0.15, 0.2) is 54.9 Å². The Labute approximate surface area is 116 Å². The molecule has 2 heterocycles. The second-order valence-corrected chi connectivity index (χ2v) is 4.09. The van der Waals surface area contributed by atoms with Crippen molar-refractivity contribution >= 4 is 0 Å². The number of hydrogen-bond donors (Lipinski definition) is 0. The molecule has 0 aliphatic carbocycles. The predicted molar refractivity (Wildman–Crippen MR) is 75.0 cm³/mol. The molecule has 0 unspecified atom stereocenters. The molecule has 0 spiro atoms. The van der Waals surface area contributed by atoms with Crippen molar-refractivity contribution in [2.24, 2.45) is 0 Å². The van der Waals surface area contributed by atoms with Gasteiger partial charge in [-0.05, 0) is 17.7 Å². The van der Waals surface area contributed by atoms with Gasteiger partial charge in [0.1, 0.15) is 5.69 Å². The molecule has 0 amide bonds. The Morgan fingerprint density at radius 2 is 1.65 bits per heavy atom. The number of rotatable bonds is 3. The lowest BCUT2D eigenvalue weighted by Crippen LogP contribution is -1.98. The summed E-state index contributed by atoms with van der Waals surface area (Å²) in [5.41, 5.74) is 2.49. The molecule has 0 aliphatic heterocycles. The van der Waals surface area contributed by atoms with Gasteiger partial charge in [-0.1, -0.05) is 30.3 Å². The predicted octanol–water partition coefficient (Wildman–Crippen LogP) is 2.61. The minimum atomic E-state index is 0.482. The summed E-state index contributed by atoms with van der Waals surface area (Å²) in [4.78, 5) is 8.37. The molecule has 0 saturated heterocycles. The van der Waals surface area contributed by atoms with Crippen LogP contribution in [-0.2, 0) is 0 Å². The minimum absolute atomic E-state index is 0.482. The smallest absolute Gasteiger partial charge is 0.241 e. The quantitative estimate of drug-likeness (QED) is 0.727. The van der Waals surface area contributed by atoms with Crippen molar-refractivity contribution in [1.29, 1.82) is 0 Å². The summed E-state index contributed by atoms with van der Waals surface area (Å²) in [5, 5.41) is 8.20. The van der Waals surface area contributed by atoms with Gasteiger partial charge in [-0.25, -0.2) is 9.97 Å². The number of methoxy groups -OCH3 is 1. The van der Waals surface area contributed by atoms with E-state index in [1.807, 2.05) is 36.4 Å². The second kappa shape index (κ2) is 5.44. The molecule has 5 heteroatoms. The monoisotopic (exact) mass is 264 g/mol. The molecule has 3 aromatic rings. The number of benzene rings is 1. The van der Waals surface area contributed by atoms with Crippen LogP contribution in [0.2, 0.25) is 0 Å². The van der Waals surface area contributed by atoms with Crippen molar-refractivity contribution in [2.75, 3.05) is 7.11 Å². The maximum atomic E-state index is 5.28. The van der Waals surface area contributed by atoms with Gasteiger partial charge in [0.15, 0.2) is 5.82 Å². The largest absolute Gasteiger partial charge is 0.479 e. The van der Waals surface area contributed by atoms with E-state index in [1.165, 1.54) is 0 Å². The van der Waals surface area contributed by atoms with Gasteiger partial charge in [0.25, 0.3) is 0 Å². The first-order valence-electron chi connectivity index (χ1n) is 6.13. The number of ether oxygens (including phenoxy) is 1. The summed E-state index contributed by atoms with van der Waals surface area (Å²) in [6.07, 6.45) is 3.35. The molecule has 2 aromatic heterocycles. The molecule has 0 aliphatic rings. The first kappa shape index (κ1) is 12.2. The highest BCUT2D eigenvalue weighted by molar-refractivity contribution is 5.71. The second-order valence-electron chi connectivity index (χ2n) is 4.09. The molecule has 20 heavy (non-hydrogen) atoms. The van der Waals surface area contributed by atoms with Gasteiger partial charge >= 0.3 is 0 Å². The zero-order valence-corrected chi connectivity index (χ0v) is 10.9. The van der Waals surface area contributed by atoms with E-state index in [-0.39, 0.29) is 0 Å². The molecule has 0 bridgehead atoms. The Bertz CT molecular complexity index is 702. The number of aromatic nitrogens is 4. The zero-order chi connectivity index (χ0) is 13.8. The maximum Gasteiger partial charge on any atom is 0.241 e. The van der Waals surface area contributed by atoms with Crippen molar-refractivity contribution in [3.05, 3.63) is 54.9 Å². The van der Waals surface area contributed by atoms with Crippen LogP contribution in [0.1, 0.15) is 0 Å². The van der Waals surface area contributed by atoms with Crippen molar-refractivity contribution in [3.63, 3.8) is 0 Å². The van der Waals surface area contributed by atoms with E-state index in [0.717, 1.165) is 11.1 Å². The normalized spacial score (nSPS) is 10.2. The highest BCUT2D eigenvalue weighted by Crippen LogP contribution is 2.29. The average Bonchev–Trinajstić information content (AvgIpc) is 2.56. The first-order valence-corrected chi connectivity index (χ1v) is 6.13. The SMILES string of the molecule is COc1nnc(-c2ncccn2)cc1-c1ccccc1. The summed E-state index contributed by atoms with van der Waals surface area (Å²) in [7, 11) is 1.58. The average molecular weight is 264 g/mol. The Kier molecular flexibility index (Phi) is 3.33. The van der Waals surface area contributed by atoms with E-state index < -0.39 is 0 Å². The van der Waals surface area contributed by atoms with E-state index in [2.05, 4.69) is 20.2 Å². The van der Waals surface area contributed by atoms with Crippen molar-refractivity contribution in [1.82, 2.24) is 20.2 Å². The van der Waals surface area contributed by atoms with Crippen LogP contribution in [-0.4, -0.2) is 27.3 Å². The van der Waals surface area contributed by atoms with Crippen molar-refractivity contribution in [2.45, 2.75) is 0 Å². The van der Waals surface area contributed by atoms with Crippen LogP contribution >= 0.6 is 0 Å². The Morgan fingerprint density at radius 1 is 0.900 bits per heavy atom. The van der Waals surface area contributed by atoms with Gasteiger partial charge < -0.3 is 4.74 Å². The van der Waals surface area contributed by atoms with E-state index in [0.29, 0.717) is 17.4 Å². The molecule has 0 saturated carbocycles. The molecule has 0 N–H and O–H groups in total. The van der Waals surface area contributed by atoms with Gasteiger partial charge in [-0.3, -0.25) is 0 Å². The van der Waals surface area contributed by atoms with Gasteiger partial charge in [-0.15, -0.1) is 10.2 Å². The summed E-state index contributed by atoms with van der Waals surface area (Å²) in [6, 6.07) is 13.5. The molecule has 3 rings (SSSR count). The van der Waals surface area contributed by atoms with Gasteiger partial charge in [0.2, 0.25) is 5.88 Å². The van der Waals surface area contributed by atoms with Crippen LogP contribution in [0.4, 0.5) is 0 Å². The molecule has 1 aromatic carbocycles. The van der Waals surface area contributed by atoms with E-state index in [1.54, 1.807) is 25.6 Å². The lowest BCUT2D eigenvalue weighted by molar-refractivity contribution is 0.394. The molecule has 98 valence electrons.